The van der Waals surface area contributed by atoms with Crippen molar-refractivity contribution in [2.45, 2.75) is 69.8 Å². The molecule has 1 aliphatic carbocycles. The number of aryl methyl sites for hydroxylation is 1. The Labute approximate surface area is 279 Å². The second-order valence-corrected chi connectivity index (χ2v) is 15.6. The monoisotopic (exact) mass is 673 g/mol. The van der Waals surface area contributed by atoms with Crippen molar-refractivity contribution in [1.82, 2.24) is 9.79 Å². The first-order valence-electron chi connectivity index (χ1n) is 16.3. The third-order valence-corrected chi connectivity index (χ3v) is 12.5. The Morgan fingerprint density at radius 1 is 1.11 bits per heavy atom. The molecule has 0 unspecified atom stereocenters. The van der Waals surface area contributed by atoms with E-state index < -0.39 is 26.8 Å². The van der Waals surface area contributed by atoms with Crippen LogP contribution in [0, 0.1) is 17.8 Å². The van der Waals surface area contributed by atoms with Crippen LogP contribution in [-0.4, -0.2) is 71.1 Å². The Balaban J connectivity index is 1.59. The van der Waals surface area contributed by atoms with Gasteiger partial charge in [-0.25, -0.2) is 13.1 Å². The fourth-order valence-corrected chi connectivity index (χ4v) is 8.52. The van der Waals surface area contributed by atoms with Crippen LogP contribution in [0.2, 0.25) is 5.02 Å². The van der Waals surface area contributed by atoms with Gasteiger partial charge in [0.2, 0.25) is 10.0 Å². The van der Waals surface area contributed by atoms with E-state index in [2.05, 4.69) is 15.7 Å². The van der Waals surface area contributed by atoms with Gasteiger partial charge in [0.25, 0.3) is 5.91 Å². The highest BCUT2D eigenvalue weighted by Crippen LogP contribution is 2.46. The number of rotatable bonds is 4. The van der Waals surface area contributed by atoms with Crippen LogP contribution in [-0.2, 0) is 32.6 Å². The standard InChI is InChI=1S/C35H48ClN3O6S/c1-24-9-8-17-35(43-4,23-38(3)44-5)31-15-12-28(31)21-39-18-7-6-10-26-19-30(36)14-11-29(26)22-45-33-16-13-27(20-32(33)39)34(40)37-46(41,42)25(24)2/h8,11,13-14,16-17,19-20,24-25,28,31H,6-7,9-10,12,15,18,21-23H2,1-5H3,(H,37,40)/b17-8+/t24-,25+,28-,31+,35+/m0/s1. The molecule has 2 aromatic rings. The van der Waals surface area contributed by atoms with Crippen LogP contribution >= 0.6 is 11.6 Å². The van der Waals surface area contributed by atoms with Gasteiger partial charge in [0, 0.05) is 37.8 Å². The molecule has 3 aliphatic rings. The molecule has 0 spiro atoms. The fourth-order valence-electron chi connectivity index (χ4n) is 7.04. The van der Waals surface area contributed by atoms with Gasteiger partial charge in [-0.05, 0) is 105 Å². The van der Waals surface area contributed by atoms with Gasteiger partial charge in [0.1, 0.15) is 18.0 Å². The molecule has 5 atom stereocenters. The van der Waals surface area contributed by atoms with Crippen molar-refractivity contribution in [1.29, 1.82) is 0 Å². The highest BCUT2D eigenvalue weighted by atomic mass is 35.5. The predicted octanol–water partition coefficient (Wildman–Crippen LogP) is 6.01. The van der Waals surface area contributed by atoms with E-state index in [9.17, 15) is 13.2 Å². The molecular formula is C35H48ClN3O6S. The largest absolute Gasteiger partial charge is 0.487 e. The average Bonchev–Trinajstić information content (AvgIpc) is 3.04. The van der Waals surface area contributed by atoms with Crippen molar-refractivity contribution in [2.75, 3.05) is 45.8 Å². The molecule has 1 saturated carbocycles. The summed E-state index contributed by atoms with van der Waals surface area (Å²) in [4.78, 5) is 21.4. The van der Waals surface area contributed by atoms with Crippen LogP contribution in [0.15, 0.2) is 48.6 Å². The smallest absolute Gasteiger partial charge is 0.264 e. The topological polar surface area (TPSA) is 97.4 Å². The van der Waals surface area contributed by atoms with E-state index in [0.717, 1.165) is 56.4 Å². The maximum atomic E-state index is 13.5. The first kappa shape index (κ1) is 34.7. The molecule has 5 rings (SSSR count). The number of hydrogen-bond donors (Lipinski definition) is 1. The molecule has 2 bridgehead atoms. The number of carbonyl (C=O) groups excluding carboxylic acids is 1. The summed E-state index contributed by atoms with van der Waals surface area (Å²) in [5, 5.41) is 1.71. The van der Waals surface area contributed by atoms with Gasteiger partial charge in [-0.3, -0.25) is 4.79 Å². The molecule has 1 N–H and O–H groups in total. The molecule has 252 valence electrons. The number of hydrogen-bond acceptors (Lipinski definition) is 8. The second kappa shape index (κ2) is 14.6. The summed E-state index contributed by atoms with van der Waals surface area (Å²) >= 11 is 6.35. The number of carbonyl (C=O) groups is 1. The molecule has 0 saturated heterocycles. The zero-order chi connectivity index (χ0) is 33.1. The lowest BCUT2D eigenvalue weighted by molar-refractivity contribution is -0.173. The number of anilines is 1. The van der Waals surface area contributed by atoms with Gasteiger partial charge in [-0.2, -0.15) is 5.06 Å². The lowest BCUT2D eigenvalue weighted by Crippen LogP contribution is -2.55. The first-order valence-corrected chi connectivity index (χ1v) is 18.2. The number of amides is 1. The third-order valence-electron chi connectivity index (χ3n) is 10.3. The van der Waals surface area contributed by atoms with Crippen LogP contribution in [0.1, 0.15) is 67.4 Å². The minimum Gasteiger partial charge on any atom is -0.487 e. The van der Waals surface area contributed by atoms with Crippen molar-refractivity contribution in [3.8, 4) is 5.75 Å². The molecule has 2 aliphatic heterocycles. The SMILES string of the molecule is CON(C)C[C@]1(OC)/C=C/C[C@H](C)[C@@H](C)S(=O)(=O)NC(=O)c2ccc3c(c2)N(CCCCc2cc(Cl)ccc2CO3)C[C@@H]2CC[C@H]21. The number of ether oxygens (including phenoxy) is 2. The first-order chi connectivity index (χ1) is 22.0. The maximum Gasteiger partial charge on any atom is 0.264 e. The number of nitrogens with one attached hydrogen (secondary N) is 1. The van der Waals surface area contributed by atoms with Gasteiger partial charge >= 0.3 is 0 Å². The third kappa shape index (κ3) is 7.57. The zero-order valence-electron chi connectivity index (χ0n) is 27.6. The minimum atomic E-state index is -3.95. The quantitative estimate of drug-likeness (QED) is 0.312. The molecule has 0 radical (unpaired) electrons. The molecule has 2 aromatic carbocycles. The molecule has 2 heterocycles. The van der Waals surface area contributed by atoms with E-state index in [-0.39, 0.29) is 17.4 Å². The second-order valence-electron chi connectivity index (χ2n) is 13.2. The Kier molecular flexibility index (Phi) is 11.0. The van der Waals surface area contributed by atoms with Gasteiger partial charge in [0.05, 0.1) is 24.6 Å². The lowest BCUT2D eigenvalue weighted by Gasteiger charge is -2.50. The average molecular weight is 674 g/mol. The number of likely N-dealkylation sites (N-methyl/N-ethyl adjacent to an activating group) is 1. The molecule has 11 heteroatoms. The van der Waals surface area contributed by atoms with E-state index in [4.69, 9.17) is 25.9 Å². The number of halogens is 1. The molecular weight excluding hydrogens is 626 g/mol. The van der Waals surface area contributed by atoms with Crippen molar-refractivity contribution in [3.63, 3.8) is 0 Å². The summed E-state index contributed by atoms with van der Waals surface area (Å²) in [6.07, 6.45) is 9.49. The van der Waals surface area contributed by atoms with Crippen molar-refractivity contribution in [2.24, 2.45) is 17.8 Å². The number of sulfonamides is 1. The summed E-state index contributed by atoms with van der Waals surface area (Å²) in [7, 11) is 1.35. The minimum absolute atomic E-state index is 0.205. The van der Waals surface area contributed by atoms with E-state index in [1.54, 1.807) is 44.4 Å². The Hall–Kier alpha value is -2.63. The zero-order valence-corrected chi connectivity index (χ0v) is 29.2. The molecule has 0 aromatic heterocycles. The Morgan fingerprint density at radius 3 is 2.63 bits per heavy atom. The molecule has 46 heavy (non-hydrogen) atoms. The van der Waals surface area contributed by atoms with Crippen molar-refractivity contribution < 1.29 is 27.5 Å². The molecule has 1 fully saturated rings. The van der Waals surface area contributed by atoms with Crippen LogP contribution < -0.4 is 14.4 Å². The number of fused-ring (bicyclic) bond motifs is 3. The normalized spacial score (nSPS) is 29.3. The van der Waals surface area contributed by atoms with E-state index in [0.29, 0.717) is 36.3 Å². The van der Waals surface area contributed by atoms with Gasteiger partial charge in [-0.15, -0.1) is 0 Å². The van der Waals surface area contributed by atoms with Crippen LogP contribution in [0.4, 0.5) is 5.69 Å². The summed E-state index contributed by atoms with van der Waals surface area (Å²) in [6, 6.07) is 11.1. The summed E-state index contributed by atoms with van der Waals surface area (Å²) < 4.78 is 42.0. The number of benzene rings is 2. The number of methoxy groups -OCH3 is 1. The lowest BCUT2D eigenvalue weighted by atomic mass is 9.64. The molecule has 9 nitrogen and oxygen atoms in total. The predicted molar refractivity (Wildman–Crippen MR) is 182 cm³/mol. The van der Waals surface area contributed by atoms with Crippen LogP contribution in [0.5, 0.6) is 5.75 Å². The van der Waals surface area contributed by atoms with Gasteiger partial charge < -0.3 is 19.2 Å². The van der Waals surface area contributed by atoms with E-state index >= 15 is 0 Å². The fraction of sp³-hybridized carbons (Fsp3) is 0.571. The summed E-state index contributed by atoms with van der Waals surface area (Å²) in [5.41, 5.74) is 2.69. The summed E-state index contributed by atoms with van der Waals surface area (Å²) in [6.45, 7) is 5.92. The van der Waals surface area contributed by atoms with E-state index in [1.165, 1.54) is 5.56 Å². The number of allylic oxidation sites excluding steroid dienone is 1. The number of hydroxylamine groups is 2. The van der Waals surface area contributed by atoms with E-state index in [1.807, 2.05) is 38.2 Å². The molecule has 1 amide bonds. The van der Waals surface area contributed by atoms with Crippen molar-refractivity contribution in [3.05, 3.63) is 70.3 Å². The Bertz CT molecular complexity index is 1530. The van der Waals surface area contributed by atoms with Gasteiger partial charge in [0.15, 0.2) is 0 Å². The highest BCUT2D eigenvalue weighted by molar-refractivity contribution is 7.90. The van der Waals surface area contributed by atoms with Crippen LogP contribution in [0.3, 0.4) is 0 Å². The van der Waals surface area contributed by atoms with Crippen molar-refractivity contribution >= 4 is 33.2 Å². The van der Waals surface area contributed by atoms with Gasteiger partial charge in [-0.1, -0.05) is 36.7 Å². The summed E-state index contributed by atoms with van der Waals surface area (Å²) in [5.74, 6) is 0.289. The maximum absolute atomic E-state index is 13.5. The number of nitrogens with zero attached hydrogens (tertiary/aromatic N) is 2. The highest BCUT2D eigenvalue weighted by Gasteiger charge is 2.48. The Morgan fingerprint density at radius 2 is 1.91 bits per heavy atom. The van der Waals surface area contributed by atoms with Crippen LogP contribution in [0.25, 0.3) is 0 Å².